The summed E-state index contributed by atoms with van der Waals surface area (Å²) >= 11 is 0. The molecule has 5 nitrogen and oxygen atoms in total. The van der Waals surface area contributed by atoms with Crippen molar-refractivity contribution in [3.8, 4) is 0 Å². The number of carbonyl (C=O) groups excluding carboxylic acids is 3. The Balaban J connectivity index is 2.64. The summed E-state index contributed by atoms with van der Waals surface area (Å²) in [5, 5.41) is 0. The maximum Gasteiger partial charge on any atom is 0.256 e. The van der Waals surface area contributed by atoms with Crippen LogP contribution in [0.15, 0.2) is 24.3 Å². The van der Waals surface area contributed by atoms with Crippen LogP contribution in [0.25, 0.3) is 0 Å². The molecule has 0 fully saturated rings. The normalized spacial score (nSPS) is 15.6. The molecule has 1 aliphatic heterocycles. The van der Waals surface area contributed by atoms with Crippen LogP contribution in [0, 0.1) is 0 Å². The molecule has 5 heteroatoms. The zero-order valence-corrected chi connectivity index (χ0v) is 9.64. The third-order valence-electron chi connectivity index (χ3n) is 2.66. The third kappa shape index (κ3) is 1.80. The van der Waals surface area contributed by atoms with Gasteiger partial charge in [0, 0.05) is 14.0 Å². The average Bonchev–Trinajstić information content (AvgIpc) is 2.36. The molecule has 88 valence electrons. The lowest BCUT2D eigenvalue weighted by molar-refractivity contribution is -0.125. The van der Waals surface area contributed by atoms with E-state index in [1.54, 1.807) is 31.3 Å². The lowest BCUT2D eigenvalue weighted by Gasteiger charge is -2.17. The number of imide groups is 1. The topological polar surface area (TPSA) is 57.7 Å². The van der Waals surface area contributed by atoms with Gasteiger partial charge in [0.05, 0.1) is 11.3 Å². The second kappa shape index (κ2) is 4.01. The van der Waals surface area contributed by atoms with E-state index in [-0.39, 0.29) is 18.4 Å². The molecule has 0 spiro atoms. The van der Waals surface area contributed by atoms with Gasteiger partial charge in [-0.05, 0) is 12.1 Å². The lowest BCUT2D eigenvalue weighted by atomic mass is 10.1. The lowest BCUT2D eigenvalue weighted by Crippen LogP contribution is -2.40. The number of nitrogens with zero attached hydrogens (tertiary/aromatic N) is 2. The zero-order chi connectivity index (χ0) is 12.6. The Morgan fingerprint density at radius 2 is 1.88 bits per heavy atom. The molecule has 3 amide bonds. The number of hydrogen-bond acceptors (Lipinski definition) is 3. The molecule has 0 saturated heterocycles. The maximum absolute atomic E-state index is 12.0. The number of amides is 3. The van der Waals surface area contributed by atoms with Crippen molar-refractivity contribution in [3.63, 3.8) is 0 Å². The van der Waals surface area contributed by atoms with Crippen LogP contribution in [0.1, 0.15) is 17.3 Å². The highest BCUT2D eigenvalue weighted by Crippen LogP contribution is 2.24. The van der Waals surface area contributed by atoms with Crippen LogP contribution in [0.2, 0.25) is 0 Å². The predicted molar refractivity (Wildman–Crippen MR) is 61.6 cm³/mol. The summed E-state index contributed by atoms with van der Waals surface area (Å²) in [6.45, 7) is 1.22. The molecule has 0 aromatic heterocycles. The van der Waals surface area contributed by atoms with Gasteiger partial charge < -0.3 is 4.90 Å². The van der Waals surface area contributed by atoms with Crippen molar-refractivity contribution in [2.45, 2.75) is 6.92 Å². The molecule has 0 bridgehead atoms. The van der Waals surface area contributed by atoms with Gasteiger partial charge in [-0.1, -0.05) is 12.1 Å². The Hall–Kier alpha value is -2.17. The van der Waals surface area contributed by atoms with Crippen molar-refractivity contribution in [2.24, 2.45) is 0 Å². The van der Waals surface area contributed by atoms with E-state index in [1.165, 1.54) is 11.8 Å². The molecule has 1 aliphatic rings. The van der Waals surface area contributed by atoms with Gasteiger partial charge >= 0.3 is 0 Å². The molecule has 2 rings (SSSR count). The fourth-order valence-corrected chi connectivity index (χ4v) is 1.88. The fraction of sp³-hybridized carbons (Fsp3) is 0.250. The summed E-state index contributed by atoms with van der Waals surface area (Å²) in [5.41, 5.74) is 0.732. The van der Waals surface area contributed by atoms with Gasteiger partial charge in [-0.2, -0.15) is 0 Å². The minimum absolute atomic E-state index is 0.0902. The van der Waals surface area contributed by atoms with Crippen LogP contribution in [0.5, 0.6) is 0 Å². The van der Waals surface area contributed by atoms with Crippen LogP contribution in [0.3, 0.4) is 0 Å². The molecule has 0 saturated carbocycles. The highest BCUT2D eigenvalue weighted by Gasteiger charge is 2.31. The minimum atomic E-state index is -0.390. The molecule has 17 heavy (non-hydrogen) atoms. The van der Waals surface area contributed by atoms with E-state index in [0.717, 1.165) is 4.90 Å². The summed E-state index contributed by atoms with van der Waals surface area (Å²) in [6, 6.07) is 6.62. The Kier molecular flexibility index (Phi) is 2.67. The van der Waals surface area contributed by atoms with Gasteiger partial charge in [-0.3, -0.25) is 14.4 Å². The number of carbonyl (C=O) groups is 3. The number of anilines is 1. The van der Waals surface area contributed by atoms with Crippen LogP contribution in [-0.4, -0.2) is 36.2 Å². The van der Waals surface area contributed by atoms with Crippen molar-refractivity contribution < 1.29 is 14.4 Å². The van der Waals surface area contributed by atoms with Crippen molar-refractivity contribution in [1.82, 2.24) is 4.90 Å². The van der Waals surface area contributed by atoms with Gasteiger partial charge in [0.1, 0.15) is 6.54 Å². The van der Waals surface area contributed by atoms with Crippen LogP contribution < -0.4 is 4.90 Å². The number of hydrogen-bond donors (Lipinski definition) is 0. The van der Waals surface area contributed by atoms with Gasteiger partial charge in [0.15, 0.2) is 0 Å². The molecule has 0 aliphatic carbocycles. The monoisotopic (exact) mass is 232 g/mol. The summed E-state index contributed by atoms with van der Waals surface area (Å²) in [5.74, 6) is -1.03. The summed E-state index contributed by atoms with van der Waals surface area (Å²) in [4.78, 5) is 37.7. The summed E-state index contributed by atoms with van der Waals surface area (Å²) in [7, 11) is 1.54. The Labute approximate surface area is 98.6 Å². The minimum Gasteiger partial charge on any atom is -0.332 e. The van der Waals surface area contributed by atoms with Crippen molar-refractivity contribution in [1.29, 1.82) is 0 Å². The Morgan fingerprint density at radius 1 is 1.24 bits per heavy atom. The molecule has 0 unspecified atom stereocenters. The number of rotatable bonds is 0. The average molecular weight is 232 g/mol. The zero-order valence-electron chi connectivity index (χ0n) is 9.64. The van der Waals surface area contributed by atoms with Crippen LogP contribution in [0.4, 0.5) is 5.69 Å². The van der Waals surface area contributed by atoms with Crippen molar-refractivity contribution in [2.75, 3.05) is 18.5 Å². The Morgan fingerprint density at radius 3 is 2.53 bits per heavy atom. The molecule has 1 aromatic rings. The van der Waals surface area contributed by atoms with Gasteiger partial charge in [0.2, 0.25) is 5.91 Å². The number of benzene rings is 1. The van der Waals surface area contributed by atoms with E-state index in [0.29, 0.717) is 11.3 Å². The smallest absolute Gasteiger partial charge is 0.256 e. The summed E-state index contributed by atoms with van der Waals surface area (Å²) in [6.07, 6.45) is 0. The number of para-hydroxylation sites is 1. The molecule has 1 aromatic carbocycles. The largest absolute Gasteiger partial charge is 0.332 e. The maximum atomic E-state index is 12.0. The van der Waals surface area contributed by atoms with Crippen molar-refractivity contribution >= 4 is 23.4 Å². The molecule has 0 N–H and O–H groups in total. The fourth-order valence-electron chi connectivity index (χ4n) is 1.88. The molecular weight excluding hydrogens is 220 g/mol. The van der Waals surface area contributed by atoms with E-state index in [9.17, 15) is 14.4 Å². The molecular formula is C12H12N2O3. The van der Waals surface area contributed by atoms with E-state index >= 15 is 0 Å². The van der Waals surface area contributed by atoms with E-state index in [4.69, 9.17) is 0 Å². The number of likely N-dealkylation sites (N-methyl/N-ethyl adjacent to an activating group) is 1. The Bertz CT molecular complexity index is 510. The van der Waals surface area contributed by atoms with E-state index < -0.39 is 5.91 Å². The first kappa shape index (κ1) is 11.3. The van der Waals surface area contributed by atoms with Crippen LogP contribution >= 0.6 is 0 Å². The van der Waals surface area contributed by atoms with Gasteiger partial charge in [-0.15, -0.1) is 0 Å². The quantitative estimate of drug-likeness (QED) is 0.660. The summed E-state index contributed by atoms with van der Waals surface area (Å²) < 4.78 is 0. The standard InChI is InChI=1S/C12H12N2O3/c1-8(15)14-10-6-4-3-5-9(10)12(17)13(2)7-11(14)16/h3-6H,7H2,1-2H3. The molecule has 0 radical (unpaired) electrons. The first-order valence-electron chi connectivity index (χ1n) is 5.20. The number of fused-ring (bicyclic) bond motifs is 1. The SMILES string of the molecule is CC(=O)N1C(=O)CN(C)C(=O)c2ccccc21. The van der Waals surface area contributed by atoms with Gasteiger partial charge in [0.25, 0.3) is 11.8 Å². The highest BCUT2D eigenvalue weighted by molar-refractivity contribution is 6.20. The molecule has 1 heterocycles. The second-order valence-electron chi connectivity index (χ2n) is 3.93. The highest BCUT2D eigenvalue weighted by atomic mass is 16.2. The molecule has 0 atom stereocenters. The van der Waals surface area contributed by atoms with E-state index in [1.807, 2.05) is 0 Å². The third-order valence-corrected chi connectivity index (χ3v) is 2.66. The van der Waals surface area contributed by atoms with Crippen LogP contribution in [-0.2, 0) is 9.59 Å². The predicted octanol–water partition coefficient (Wildman–Crippen LogP) is 0.652. The second-order valence-corrected chi connectivity index (χ2v) is 3.93. The van der Waals surface area contributed by atoms with Gasteiger partial charge in [-0.25, -0.2) is 4.90 Å². The first-order chi connectivity index (χ1) is 8.02. The van der Waals surface area contributed by atoms with Crippen molar-refractivity contribution in [3.05, 3.63) is 29.8 Å². The van der Waals surface area contributed by atoms with E-state index in [2.05, 4.69) is 0 Å². The first-order valence-corrected chi connectivity index (χ1v) is 5.20.